The van der Waals surface area contributed by atoms with Crippen LogP contribution in [0.25, 0.3) is 0 Å². The van der Waals surface area contributed by atoms with Crippen molar-refractivity contribution in [1.29, 1.82) is 0 Å². The molecular weight excluding hydrogens is 364 g/mol. The van der Waals surface area contributed by atoms with Gasteiger partial charge >= 0.3 is 0 Å². The molecule has 0 spiro atoms. The zero-order chi connectivity index (χ0) is 21.4. The van der Waals surface area contributed by atoms with Crippen LogP contribution in [0.5, 0.6) is 5.75 Å². The van der Waals surface area contributed by atoms with Gasteiger partial charge in [0.25, 0.3) is 0 Å². The van der Waals surface area contributed by atoms with Crippen LogP contribution in [-0.2, 0) is 4.79 Å². The van der Waals surface area contributed by atoms with Crippen molar-refractivity contribution in [3.05, 3.63) is 65.2 Å². The molecule has 29 heavy (non-hydrogen) atoms. The molecule has 1 amide bonds. The van der Waals surface area contributed by atoms with Crippen molar-refractivity contribution in [1.82, 2.24) is 10.2 Å². The molecule has 0 aliphatic rings. The highest BCUT2D eigenvalue weighted by atomic mass is 16.5. The third kappa shape index (κ3) is 6.87. The second-order valence-electron chi connectivity index (χ2n) is 7.82. The van der Waals surface area contributed by atoms with Gasteiger partial charge in [-0.05, 0) is 42.6 Å². The Bertz CT molecular complexity index is 757. The fraction of sp³-hybridized carbons (Fsp3) is 0.458. The maximum atomic E-state index is 12.7. The summed E-state index contributed by atoms with van der Waals surface area (Å²) in [6.45, 7) is 9.55. The number of carbonyl (C=O) groups is 1. The number of aliphatic hydroxyl groups is 1. The molecule has 0 aliphatic carbocycles. The lowest BCUT2D eigenvalue weighted by molar-refractivity contribution is -0.123. The molecule has 0 bridgehead atoms. The van der Waals surface area contributed by atoms with E-state index in [9.17, 15) is 9.90 Å². The Hall–Kier alpha value is -2.37. The van der Waals surface area contributed by atoms with Gasteiger partial charge in [-0.3, -0.25) is 9.69 Å². The number of nitrogens with one attached hydrogen (secondary N) is 1. The van der Waals surface area contributed by atoms with Crippen LogP contribution in [0.2, 0.25) is 0 Å². The first-order valence-electron chi connectivity index (χ1n) is 10.2. The van der Waals surface area contributed by atoms with Crippen LogP contribution in [-0.4, -0.2) is 42.7 Å². The molecule has 0 aliphatic heterocycles. The fourth-order valence-electron chi connectivity index (χ4n) is 3.31. The number of carbonyl (C=O) groups excluding carboxylic acids is 1. The van der Waals surface area contributed by atoms with Crippen LogP contribution in [0.15, 0.2) is 48.5 Å². The van der Waals surface area contributed by atoms with Crippen molar-refractivity contribution in [2.24, 2.45) is 5.92 Å². The number of hydrogen-bond acceptors (Lipinski definition) is 4. The predicted molar refractivity (Wildman–Crippen MR) is 117 cm³/mol. The van der Waals surface area contributed by atoms with Gasteiger partial charge in [-0.15, -0.1) is 0 Å². The minimum absolute atomic E-state index is 0.0440. The lowest BCUT2D eigenvalue weighted by atomic mass is 9.96. The van der Waals surface area contributed by atoms with Gasteiger partial charge in [-0.1, -0.05) is 62.7 Å². The SMILES string of the molecule is CCN(CC(=O)N[C@H](c1ccc(OC)cc1)C(C)C)C[C@@H](O)c1ccc(C)cc1. The highest BCUT2D eigenvalue weighted by Gasteiger charge is 2.21. The lowest BCUT2D eigenvalue weighted by Gasteiger charge is -2.27. The number of amides is 1. The maximum absolute atomic E-state index is 12.7. The summed E-state index contributed by atoms with van der Waals surface area (Å²) in [4.78, 5) is 14.7. The zero-order valence-corrected chi connectivity index (χ0v) is 18.2. The Morgan fingerprint density at radius 3 is 2.17 bits per heavy atom. The molecule has 0 heterocycles. The molecule has 2 aromatic rings. The monoisotopic (exact) mass is 398 g/mol. The molecule has 2 rings (SSSR count). The van der Waals surface area contributed by atoms with E-state index in [-0.39, 0.29) is 24.4 Å². The maximum Gasteiger partial charge on any atom is 0.234 e. The molecule has 0 fully saturated rings. The van der Waals surface area contributed by atoms with E-state index in [2.05, 4.69) is 19.2 Å². The van der Waals surface area contributed by atoms with Gasteiger partial charge in [-0.2, -0.15) is 0 Å². The van der Waals surface area contributed by atoms with Crippen molar-refractivity contribution >= 4 is 5.91 Å². The van der Waals surface area contributed by atoms with Gasteiger partial charge in [0, 0.05) is 6.54 Å². The first-order valence-corrected chi connectivity index (χ1v) is 10.2. The van der Waals surface area contributed by atoms with E-state index in [0.717, 1.165) is 22.4 Å². The average molecular weight is 399 g/mol. The van der Waals surface area contributed by atoms with Crippen molar-refractivity contribution in [2.45, 2.75) is 39.8 Å². The molecule has 0 aromatic heterocycles. The molecule has 0 saturated carbocycles. The van der Waals surface area contributed by atoms with E-state index in [4.69, 9.17) is 4.74 Å². The molecule has 5 heteroatoms. The van der Waals surface area contributed by atoms with Gasteiger partial charge in [0.15, 0.2) is 0 Å². The van der Waals surface area contributed by atoms with E-state index in [1.807, 2.05) is 67.3 Å². The Morgan fingerprint density at radius 2 is 1.66 bits per heavy atom. The first kappa shape index (κ1) is 22.9. The number of benzene rings is 2. The van der Waals surface area contributed by atoms with Gasteiger partial charge < -0.3 is 15.2 Å². The second kappa shape index (κ2) is 11.0. The van der Waals surface area contributed by atoms with Gasteiger partial charge in [0.05, 0.1) is 25.8 Å². The molecule has 0 radical (unpaired) electrons. The number of likely N-dealkylation sites (N-methyl/N-ethyl adjacent to an activating group) is 1. The quantitative estimate of drug-likeness (QED) is 0.638. The molecule has 0 unspecified atom stereocenters. The van der Waals surface area contributed by atoms with Crippen LogP contribution < -0.4 is 10.1 Å². The molecule has 2 aromatic carbocycles. The standard InChI is InChI=1S/C24H34N2O3/c1-6-26(15-22(27)19-9-7-18(4)8-10-19)16-23(28)25-24(17(2)3)20-11-13-21(29-5)14-12-20/h7-14,17,22,24,27H,6,15-16H2,1-5H3,(H,25,28)/t22-,24+/m1/s1. The predicted octanol–water partition coefficient (Wildman–Crippen LogP) is 3.87. The third-order valence-corrected chi connectivity index (χ3v) is 5.17. The van der Waals surface area contributed by atoms with Crippen molar-refractivity contribution in [3.63, 3.8) is 0 Å². The number of rotatable bonds is 10. The molecule has 0 saturated heterocycles. The van der Waals surface area contributed by atoms with E-state index in [1.54, 1.807) is 7.11 Å². The number of nitrogens with zero attached hydrogens (tertiary/aromatic N) is 1. The summed E-state index contributed by atoms with van der Waals surface area (Å²) >= 11 is 0. The third-order valence-electron chi connectivity index (χ3n) is 5.17. The smallest absolute Gasteiger partial charge is 0.234 e. The van der Waals surface area contributed by atoms with Gasteiger partial charge in [-0.25, -0.2) is 0 Å². The number of ether oxygens (including phenoxy) is 1. The molecule has 2 atom stereocenters. The largest absolute Gasteiger partial charge is 0.497 e. The fourth-order valence-corrected chi connectivity index (χ4v) is 3.31. The normalized spacial score (nSPS) is 13.4. The summed E-state index contributed by atoms with van der Waals surface area (Å²) in [5.41, 5.74) is 3.08. The Morgan fingerprint density at radius 1 is 1.07 bits per heavy atom. The Balaban J connectivity index is 1.98. The number of aryl methyl sites for hydroxylation is 1. The summed E-state index contributed by atoms with van der Waals surface area (Å²) < 4.78 is 5.22. The highest BCUT2D eigenvalue weighted by Crippen LogP contribution is 2.24. The molecule has 158 valence electrons. The Kier molecular flexibility index (Phi) is 8.68. The van der Waals surface area contributed by atoms with Gasteiger partial charge in [0.2, 0.25) is 5.91 Å². The highest BCUT2D eigenvalue weighted by molar-refractivity contribution is 5.78. The Labute approximate surface area is 174 Å². The molecule has 2 N–H and O–H groups in total. The van der Waals surface area contributed by atoms with Crippen molar-refractivity contribution in [3.8, 4) is 5.75 Å². The van der Waals surface area contributed by atoms with Gasteiger partial charge in [0.1, 0.15) is 5.75 Å². The summed E-state index contributed by atoms with van der Waals surface area (Å²) in [5, 5.41) is 13.7. The molecule has 5 nitrogen and oxygen atoms in total. The number of methoxy groups -OCH3 is 1. The second-order valence-corrected chi connectivity index (χ2v) is 7.82. The minimum atomic E-state index is -0.620. The van der Waals surface area contributed by atoms with E-state index >= 15 is 0 Å². The van der Waals surface area contributed by atoms with Crippen LogP contribution in [0.3, 0.4) is 0 Å². The van der Waals surface area contributed by atoms with E-state index in [0.29, 0.717) is 13.1 Å². The summed E-state index contributed by atoms with van der Waals surface area (Å²) in [7, 11) is 1.64. The average Bonchev–Trinajstić information content (AvgIpc) is 2.71. The summed E-state index contributed by atoms with van der Waals surface area (Å²) in [5.74, 6) is 1.00. The lowest BCUT2D eigenvalue weighted by Crippen LogP contribution is -2.41. The van der Waals surface area contributed by atoms with Crippen LogP contribution in [0.4, 0.5) is 0 Å². The first-order chi connectivity index (χ1) is 13.8. The van der Waals surface area contributed by atoms with Crippen LogP contribution >= 0.6 is 0 Å². The molecular formula is C24H34N2O3. The summed E-state index contributed by atoms with van der Waals surface area (Å²) in [6.07, 6.45) is -0.620. The number of aliphatic hydroxyl groups excluding tert-OH is 1. The number of hydrogen-bond donors (Lipinski definition) is 2. The zero-order valence-electron chi connectivity index (χ0n) is 18.2. The van der Waals surface area contributed by atoms with Crippen LogP contribution in [0, 0.1) is 12.8 Å². The summed E-state index contributed by atoms with van der Waals surface area (Å²) in [6, 6.07) is 15.6. The van der Waals surface area contributed by atoms with E-state index in [1.165, 1.54) is 0 Å². The van der Waals surface area contributed by atoms with Crippen molar-refractivity contribution < 1.29 is 14.6 Å². The van der Waals surface area contributed by atoms with Crippen LogP contribution in [0.1, 0.15) is 49.6 Å². The van der Waals surface area contributed by atoms with E-state index < -0.39 is 6.10 Å². The van der Waals surface area contributed by atoms with Crippen molar-refractivity contribution in [2.75, 3.05) is 26.7 Å². The topological polar surface area (TPSA) is 61.8 Å². The minimum Gasteiger partial charge on any atom is -0.497 e.